The molecule has 1 aliphatic heterocycles. The summed E-state index contributed by atoms with van der Waals surface area (Å²) in [6, 6.07) is 1.65. The lowest BCUT2D eigenvalue weighted by Crippen LogP contribution is -2.44. The fourth-order valence-electron chi connectivity index (χ4n) is 2.79. The normalized spacial score (nSPS) is 19.4. The van der Waals surface area contributed by atoms with Gasteiger partial charge in [-0.25, -0.2) is 0 Å². The Balaban J connectivity index is 1.48. The van der Waals surface area contributed by atoms with Gasteiger partial charge in [0.15, 0.2) is 5.69 Å². The monoisotopic (exact) mass is 345 g/mol. The average molecular weight is 345 g/mol. The molecule has 6 nitrogen and oxygen atoms in total. The molecule has 0 bridgehead atoms. The fraction of sp³-hybridized carbons (Fsp3) is 0.667. The highest BCUT2D eigenvalue weighted by Crippen LogP contribution is 2.40. The number of rotatable bonds is 4. The summed E-state index contributed by atoms with van der Waals surface area (Å²) in [5, 5.41) is 5.69. The Labute approximate surface area is 136 Å². The van der Waals surface area contributed by atoms with Crippen LogP contribution in [0.4, 0.5) is 13.2 Å². The van der Waals surface area contributed by atoms with E-state index in [0.717, 1.165) is 18.6 Å². The number of likely N-dealkylation sites (tertiary alicyclic amines) is 1. The molecule has 0 atom stereocenters. The van der Waals surface area contributed by atoms with E-state index >= 15 is 0 Å². The van der Waals surface area contributed by atoms with E-state index in [1.165, 1.54) is 0 Å². The lowest BCUT2D eigenvalue weighted by Gasteiger charge is -2.30. The van der Waals surface area contributed by atoms with Crippen LogP contribution in [-0.4, -0.2) is 47.7 Å². The summed E-state index contributed by atoms with van der Waals surface area (Å²) in [7, 11) is 0. The van der Waals surface area contributed by atoms with Crippen molar-refractivity contribution in [2.75, 3.05) is 19.6 Å². The number of nitrogens with one attached hydrogen (secondary N) is 1. The molecule has 1 aromatic rings. The van der Waals surface area contributed by atoms with Gasteiger partial charge >= 0.3 is 6.18 Å². The highest BCUT2D eigenvalue weighted by atomic mass is 19.4. The molecule has 2 aliphatic rings. The first-order valence-electron chi connectivity index (χ1n) is 7.94. The van der Waals surface area contributed by atoms with Crippen LogP contribution in [0.2, 0.25) is 0 Å². The van der Waals surface area contributed by atoms with Crippen molar-refractivity contribution in [1.29, 1.82) is 0 Å². The number of nitrogens with zero attached hydrogens (tertiary/aromatic N) is 2. The number of carbonyl (C=O) groups excluding carboxylic acids is 2. The van der Waals surface area contributed by atoms with E-state index in [1.807, 2.05) is 5.32 Å². The van der Waals surface area contributed by atoms with Gasteiger partial charge in [-0.3, -0.25) is 9.59 Å². The number of alkyl halides is 3. The molecular formula is C15H18F3N3O3. The zero-order valence-electron chi connectivity index (χ0n) is 12.9. The second-order valence-electron chi connectivity index (χ2n) is 6.29. The smallest absolute Gasteiger partial charge is 0.360 e. The van der Waals surface area contributed by atoms with Gasteiger partial charge < -0.3 is 14.7 Å². The number of amides is 2. The standard InChI is InChI=1S/C15H18F3N3O3/c16-15(17,18)8-19-13(22)10-3-5-21(6-4-10)14(23)11-7-12(24-20-11)9-1-2-9/h7,9-10H,1-6,8H2,(H,19,22). The lowest BCUT2D eigenvalue weighted by molar-refractivity contribution is -0.141. The maximum atomic E-state index is 12.3. The molecule has 2 heterocycles. The summed E-state index contributed by atoms with van der Waals surface area (Å²) in [6.45, 7) is -0.697. The molecule has 0 radical (unpaired) electrons. The molecule has 9 heteroatoms. The minimum absolute atomic E-state index is 0.247. The van der Waals surface area contributed by atoms with E-state index in [9.17, 15) is 22.8 Å². The molecule has 1 saturated heterocycles. The lowest BCUT2D eigenvalue weighted by atomic mass is 9.95. The summed E-state index contributed by atoms with van der Waals surface area (Å²) >= 11 is 0. The molecule has 1 saturated carbocycles. The van der Waals surface area contributed by atoms with Gasteiger partial charge in [-0.2, -0.15) is 13.2 Å². The zero-order valence-corrected chi connectivity index (χ0v) is 12.9. The van der Waals surface area contributed by atoms with Gasteiger partial charge in [0, 0.05) is 31.0 Å². The quantitative estimate of drug-likeness (QED) is 0.907. The van der Waals surface area contributed by atoms with E-state index in [0.29, 0.717) is 31.8 Å². The van der Waals surface area contributed by atoms with Crippen molar-refractivity contribution in [3.8, 4) is 0 Å². The van der Waals surface area contributed by atoms with Gasteiger partial charge in [0.25, 0.3) is 5.91 Å². The summed E-state index contributed by atoms with van der Waals surface area (Å²) < 4.78 is 41.5. The van der Waals surface area contributed by atoms with Gasteiger partial charge in [-0.15, -0.1) is 0 Å². The van der Waals surface area contributed by atoms with Crippen LogP contribution >= 0.6 is 0 Å². The fourth-order valence-corrected chi connectivity index (χ4v) is 2.79. The molecule has 1 aromatic heterocycles. The minimum Gasteiger partial charge on any atom is -0.360 e. The Hall–Kier alpha value is -2.06. The van der Waals surface area contributed by atoms with Crippen LogP contribution in [0.3, 0.4) is 0 Å². The van der Waals surface area contributed by atoms with Crippen LogP contribution in [-0.2, 0) is 4.79 Å². The Bertz CT molecular complexity index is 617. The second kappa shape index (κ2) is 6.45. The Morgan fingerprint density at radius 2 is 1.92 bits per heavy atom. The van der Waals surface area contributed by atoms with E-state index < -0.39 is 24.5 Å². The third kappa shape index (κ3) is 4.07. The predicted octanol–water partition coefficient (Wildman–Crippen LogP) is 2.08. The van der Waals surface area contributed by atoms with Crippen molar-refractivity contribution >= 4 is 11.8 Å². The molecule has 0 spiro atoms. The van der Waals surface area contributed by atoms with E-state index in [2.05, 4.69) is 5.16 Å². The van der Waals surface area contributed by atoms with Crippen LogP contribution in [0.15, 0.2) is 10.6 Å². The van der Waals surface area contributed by atoms with Crippen molar-refractivity contribution in [2.24, 2.45) is 5.92 Å². The number of piperidine rings is 1. The van der Waals surface area contributed by atoms with Gasteiger partial charge in [-0.1, -0.05) is 5.16 Å². The van der Waals surface area contributed by atoms with Crippen molar-refractivity contribution in [2.45, 2.75) is 37.8 Å². The summed E-state index contributed by atoms with van der Waals surface area (Å²) in [6.07, 6.45) is -1.66. The number of hydrogen-bond acceptors (Lipinski definition) is 4. The minimum atomic E-state index is -4.42. The Morgan fingerprint density at radius 3 is 2.50 bits per heavy atom. The molecule has 1 N–H and O–H groups in total. The van der Waals surface area contributed by atoms with Gasteiger partial charge in [0.05, 0.1) is 0 Å². The van der Waals surface area contributed by atoms with Gasteiger partial charge in [0.2, 0.25) is 5.91 Å². The number of carbonyl (C=O) groups is 2. The van der Waals surface area contributed by atoms with Crippen molar-refractivity contribution < 1.29 is 27.3 Å². The third-order valence-corrected chi connectivity index (χ3v) is 4.34. The largest absolute Gasteiger partial charge is 0.405 e. The first-order chi connectivity index (χ1) is 11.3. The maximum Gasteiger partial charge on any atom is 0.405 e. The number of halogens is 3. The van der Waals surface area contributed by atoms with Gasteiger partial charge in [0.1, 0.15) is 12.3 Å². The average Bonchev–Trinajstić information content (AvgIpc) is 3.29. The van der Waals surface area contributed by atoms with Crippen LogP contribution in [0.25, 0.3) is 0 Å². The summed E-state index contributed by atoms with van der Waals surface area (Å²) in [5.41, 5.74) is 0.247. The molecule has 2 fully saturated rings. The van der Waals surface area contributed by atoms with Crippen LogP contribution in [0.5, 0.6) is 0 Å². The summed E-state index contributed by atoms with van der Waals surface area (Å²) in [5.74, 6) is -0.297. The van der Waals surface area contributed by atoms with E-state index in [4.69, 9.17) is 4.52 Å². The van der Waals surface area contributed by atoms with E-state index in [-0.39, 0.29) is 11.6 Å². The zero-order chi connectivity index (χ0) is 17.3. The molecule has 0 aromatic carbocycles. The first-order valence-corrected chi connectivity index (χ1v) is 7.94. The Morgan fingerprint density at radius 1 is 1.25 bits per heavy atom. The second-order valence-corrected chi connectivity index (χ2v) is 6.29. The SMILES string of the molecule is O=C(NCC(F)(F)F)C1CCN(C(=O)c2cc(C3CC3)on2)CC1. The van der Waals surface area contributed by atoms with Crippen molar-refractivity contribution in [1.82, 2.24) is 15.4 Å². The topological polar surface area (TPSA) is 75.4 Å². The van der Waals surface area contributed by atoms with Crippen LogP contribution < -0.4 is 5.32 Å². The molecule has 132 valence electrons. The molecule has 2 amide bonds. The predicted molar refractivity (Wildman–Crippen MR) is 76.2 cm³/mol. The molecule has 1 aliphatic carbocycles. The highest BCUT2D eigenvalue weighted by Gasteiger charge is 2.33. The number of hydrogen-bond donors (Lipinski definition) is 1. The van der Waals surface area contributed by atoms with E-state index in [1.54, 1.807) is 11.0 Å². The highest BCUT2D eigenvalue weighted by molar-refractivity contribution is 5.92. The summed E-state index contributed by atoms with van der Waals surface area (Å²) in [4.78, 5) is 25.6. The van der Waals surface area contributed by atoms with Crippen LogP contribution in [0, 0.1) is 5.92 Å². The Kier molecular flexibility index (Phi) is 4.51. The van der Waals surface area contributed by atoms with Crippen LogP contribution in [0.1, 0.15) is 47.8 Å². The molecular weight excluding hydrogens is 327 g/mol. The van der Waals surface area contributed by atoms with Crippen molar-refractivity contribution in [3.05, 3.63) is 17.5 Å². The van der Waals surface area contributed by atoms with Gasteiger partial charge in [-0.05, 0) is 25.7 Å². The molecule has 24 heavy (non-hydrogen) atoms. The van der Waals surface area contributed by atoms with Crippen molar-refractivity contribution in [3.63, 3.8) is 0 Å². The molecule has 0 unspecified atom stereocenters. The first kappa shape index (κ1) is 16.8. The molecule has 3 rings (SSSR count). The maximum absolute atomic E-state index is 12.3. The third-order valence-electron chi connectivity index (χ3n) is 4.34. The number of aromatic nitrogens is 1.